The minimum absolute atomic E-state index is 0.0661. The molecule has 1 amide bonds. The summed E-state index contributed by atoms with van der Waals surface area (Å²) >= 11 is 19.1. The van der Waals surface area contributed by atoms with Crippen LogP contribution in [0.4, 0.5) is 5.69 Å². The number of carbonyl (C=O) groups is 1. The van der Waals surface area contributed by atoms with Crippen molar-refractivity contribution in [1.82, 2.24) is 0 Å². The van der Waals surface area contributed by atoms with Gasteiger partial charge in [-0.25, -0.2) is 0 Å². The topological polar surface area (TPSA) is 55.1 Å². The first-order valence-electron chi connectivity index (χ1n) is 5.18. The van der Waals surface area contributed by atoms with Crippen LogP contribution in [-0.4, -0.2) is 23.5 Å². The van der Waals surface area contributed by atoms with E-state index in [4.69, 9.17) is 40.5 Å². The van der Waals surface area contributed by atoms with Gasteiger partial charge in [-0.15, -0.1) is 0 Å². The van der Waals surface area contributed by atoms with Crippen molar-refractivity contribution in [1.29, 1.82) is 0 Å². The maximum absolute atomic E-state index is 11.6. The van der Waals surface area contributed by atoms with Crippen molar-refractivity contribution in [3.05, 3.63) is 27.2 Å². The highest BCUT2D eigenvalue weighted by Crippen LogP contribution is 2.32. The molecule has 0 aliphatic rings. The molecule has 0 saturated heterocycles. The summed E-state index contributed by atoms with van der Waals surface area (Å²) in [6.07, 6.45) is 0. The third kappa shape index (κ3) is 5.24. The average Bonchev–Trinajstić information content (AvgIpc) is 2.25. The summed E-state index contributed by atoms with van der Waals surface area (Å²) in [5, 5.41) is 3.73. The summed E-state index contributed by atoms with van der Waals surface area (Å²) in [7, 11) is 0. The van der Waals surface area contributed by atoms with Crippen LogP contribution in [0.15, 0.2) is 12.1 Å². The zero-order valence-corrected chi connectivity index (χ0v) is 12.8. The highest BCUT2D eigenvalue weighted by molar-refractivity contribution is 8.00. The predicted octanol–water partition coefficient (Wildman–Crippen LogP) is 3.67. The second-order valence-corrected chi connectivity index (χ2v) is 6.04. The molecular formula is C11H13Cl3N2OS. The van der Waals surface area contributed by atoms with Crippen molar-refractivity contribution in [2.45, 2.75) is 13.0 Å². The quantitative estimate of drug-likeness (QED) is 0.811. The number of rotatable bonds is 5. The number of halogens is 3. The lowest BCUT2D eigenvalue weighted by Gasteiger charge is -2.09. The summed E-state index contributed by atoms with van der Waals surface area (Å²) in [4.78, 5) is 11.6. The van der Waals surface area contributed by atoms with Crippen LogP contribution in [0.3, 0.4) is 0 Å². The fourth-order valence-electron chi connectivity index (χ4n) is 1.14. The number of amides is 1. The molecule has 0 aliphatic carbocycles. The van der Waals surface area contributed by atoms with Gasteiger partial charge in [0.1, 0.15) is 0 Å². The van der Waals surface area contributed by atoms with Crippen LogP contribution in [-0.2, 0) is 4.79 Å². The smallest absolute Gasteiger partial charge is 0.234 e. The molecule has 3 N–H and O–H groups in total. The zero-order valence-electron chi connectivity index (χ0n) is 9.67. The Morgan fingerprint density at radius 3 is 2.56 bits per heavy atom. The lowest BCUT2D eigenvalue weighted by atomic mass is 10.3. The van der Waals surface area contributed by atoms with Gasteiger partial charge in [-0.05, 0) is 19.1 Å². The Kier molecular flexibility index (Phi) is 6.60. The lowest BCUT2D eigenvalue weighted by molar-refractivity contribution is -0.113. The summed E-state index contributed by atoms with van der Waals surface area (Å²) in [6, 6.07) is 3.09. The van der Waals surface area contributed by atoms with Gasteiger partial charge in [0.2, 0.25) is 5.91 Å². The minimum Gasteiger partial charge on any atom is -0.327 e. The van der Waals surface area contributed by atoms with Gasteiger partial charge in [-0.3, -0.25) is 4.79 Å². The number of anilines is 1. The number of hydrogen-bond donors (Lipinski definition) is 2. The van der Waals surface area contributed by atoms with Crippen LogP contribution in [0.2, 0.25) is 15.1 Å². The number of benzene rings is 1. The van der Waals surface area contributed by atoms with Gasteiger partial charge in [-0.2, -0.15) is 11.8 Å². The molecule has 0 heterocycles. The fourth-order valence-corrected chi connectivity index (χ4v) is 2.48. The van der Waals surface area contributed by atoms with Crippen molar-refractivity contribution in [2.24, 2.45) is 5.73 Å². The van der Waals surface area contributed by atoms with Gasteiger partial charge < -0.3 is 11.1 Å². The van der Waals surface area contributed by atoms with E-state index in [-0.39, 0.29) is 11.9 Å². The number of nitrogens with one attached hydrogen (secondary N) is 1. The molecule has 0 fully saturated rings. The standard InChI is InChI=1S/C11H13Cl3N2OS/c1-6(15)4-18-5-11(17)16-10-3-8(13)7(12)2-9(10)14/h2-3,6H,4-5,15H2,1H3,(H,16,17). The van der Waals surface area contributed by atoms with Crippen LogP contribution in [0.1, 0.15) is 6.92 Å². The molecule has 1 unspecified atom stereocenters. The first kappa shape index (κ1) is 15.9. The van der Waals surface area contributed by atoms with Gasteiger partial charge >= 0.3 is 0 Å². The molecule has 0 spiro atoms. The molecule has 0 bridgehead atoms. The highest BCUT2D eigenvalue weighted by atomic mass is 35.5. The molecule has 1 rings (SSSR count). The Balaban J connectivity index is 2.57. The first-order valence-corrected chi connectivity index (χ1v) is 7.46. The number of thioether (sulfide) groups is 1. The van der Waals surface area contributed by atoms with E-state index in [1.807, 2.05) is 6.92 Å². The number of carbonyl (C=O) groups excluding carboxylic acids is 1. The van der Waals surface area contributed by atoms with E-state index in [2.05, 4.69) is 5.32 Å². The maximum Gasteiger partial charge on any atom is 0.234 e. The van der Waals surface area contributed by atoms with Crippen molar-refractivity contribution >= 4 is 58.2 Å². The molecule has 0 saturated carbocycles. The fraction of sp³-hybridized carbons (Fsp3) is 0.364. The second-order valence-electron chi connectivity index (χ2n) is 3.79. The van der Waals surface area contributed by atoms with Crippen molar-refractivity contribution in [3.63, 3.8) is 0 Å². The molecule has 0 aliphatic heterocycles. The summed E-state index contributed by atoms with van der Waals surface area (Å²) in [5.74, 6) is 0.890. The van der Waals surface area contributed by atoms with Crippen LogP contribution in [0.5, 0.6) is 0 Å². The molecule has 100 valence electrons. The molecule has 1 aromatic carbocycles. The lowest BCUT2D eigenvalue weighted by Crippen LogP contribution is -2.20. The molecule has 3 nitrogen and oxygen atoms in total. The molecule has 0 radical (unpaired) electrons. The molecule has 18 heavy (non-hydrogen) atoms. The zero-order chi connectivity index (χ0) is 13.7. The van der Waals surface area contributed by atoms with Crippen LogP contribution in [0, 0.1) is 0 Å². The third-order valence-electron chi connectivity index (χ3n) is 1.90. The van der Waals surface area contributed by atoms with Crippen molar-refractivity contribution in [2.75, 3.05) is 16.8 Å². The van der Waals surface area contributed by atoms with E-state index in [0.717, 1.165) is 5.75 Å². The van der Waals surface area contributed by atoms with Gasteiger partial charge in [-0.1, -0.05) is 34.8 Å². The van der Waals surface area contributed by atoms with Gasteiger partial charge in [0.05, 0.1) is 26.5 Å². The Labute approximate surface area is 125 Å². The monoisotopic (exact) mass is 326 g/mol. The van der Waals surface area contributed by atoms with Crippen LogP contribution in [0.25, 0.3) is 0 Å². The van der Waals surface area contributed by atoms with Gasteiger partial charge in [0, 0.05) is 11.8 Å². The third-order valence-corrected chi connectivity index (χ3v) is 4.16. The minimum atomic E-state index is -0.152. The summed E-state index contributed by atoms with van der Waals surface area (Å²) in [6.45, 7) is 1.89. The normalized spacial score (nSPS) is 12.3. The highest BCUT2D eigenvalue weighted by Gasteiger charge is 2.09. The number of hydrogen-bond acceptors (Lipinski definition) is 3. The Morgan fingerprint density at radius 1 is 1.33 bits per heavy atom. The molecule has 0 aromatic heterocycles. The van der Waals surface area contributed by atoms with E-state index >= 15 is 0 Å². The summed E-state index contributed by atoms with van der Waals surface area (Å²) in [5.41, 5.74) is 6.04. The van der Waals surface area contributed by atoms with Gasteiger partial charge in [0.15, 0.2) is 0 Å². The maximum atomic E-state index is 11.6. The largest absolute Gasteiger partial charge is 0.327 e. The van der Waals surface area contributed by atoms with Crippen LogP contribution >= 0.6 is 46.6 Å². The first-order chi connectivity index (χ1) is 8.40. The van der Waals surface area contributed by atoms with E-state index in [1.54, 1.807) is 0 Å². The Bertz CT molecular complexity index is 441. The summed E-state index contributed by atoms with van der Waals surface area (Å²) < 4.78 is 0. The molecule has 7 heteroatoms. The van der Waals surface area contributed by atoms with E-state index in [9.17, 15) is 4.79 Å². The Hall–Kier alpha value is -0.130. The molecule has 1 atom stereocenters. The average molecular weight is 328 g/mol. The Morgan fingerprint density at radius 2 is 1.94 bits per heavy atom. The predicted molar refractivity (Wildman–Crippen MR) is 81.1 cm³/mol. The van der Waals surface area contributed by atoms with Crippen molar-refractivity contribution < 1.29 is 4.79 Å². The second kappa shape index (κ2) is 7.46. The molecular weight excluding hydrogens is 315 g/mol. The molecule has 1 aromatic rings. The van der Waals surface area contributed by atoms with E-state index in [1.165, 1.54) is 23.9 Å². The van der Waals surface area contributed by atoms with Crippen LogP contribution < -0.4 is 11.1 Å². The number of nitrogens with two attached hydrogens (primary N) is 1. The van der Waals surface area contributed by atoms with Gasteiger partial charge in [0.25, 0.3) is 0 Å². The van der Waals surface area contributed by atoms with E-state index < -0.39 is 0 Å². The SMILES string of the molecule is CC(N)CSCC(=O)Nc1cc(Cl)c(Cl)cc1Cl. The van der Waals surface area contributed by atoms with Crippen molar-refractivity contribution in [3.8, 4) is 0 Å². The van der Waals surface area contributed by atoms with E-state index in [0.29, 0.717) is 26.5 Å².